The normalized spacial score (nSPS) is 13.3. The monoisotopic (exact) mass is 422 g/mol. The number of nitro groups is 1. The molecule has 1 aliphatic heterocycles. The van der Waals surface area contributed by atoms with Gasteiger partial charge in [0.2, 0.25) is 0 Å². The smallest absolute Gasteiger partial charge is 0.272 e. The molecule has 2 heterocycles. The highest BCUT2D eigenvalue weighted by Crippen LogP contribution is 2.34. The van der Waals surface area contributed by atoms with Crippen LogP contribution in [0.5, 0.6) is 11.5 Å². The quantitative estimate of drug-likeness (QED) is 0.444. The van der Waals surface area contributed by atoms with Crippen molar-refractivity contribution in [3.05, 3.63) is 64.3 Å². The molecule has 0 radical (unpaired) electrons. The van der Waals surface area contributed by atoms with Crippen LogP contribution in [0.1, 0.15) is 23.3 Å². The lowest BCUT2D eigenvalue weighted by atomic mass is 10.1. The summed E-state index contributed by atoms with van der Waals surface area (Å²) in [5.41, 5.74) is 1.92. The van der Waals surface area contributed by atoms with Gasteiger partial charge in [-0.2, -0.15) is 5.10 Å². The van der Waals surface area contributed by atoms with Gasteiger partial charge in [0.15, 0.2) is 0 Å². The Morgan fingerprint density at radius 1 is 1.06 bits per heavy atom. The number of methoxy groups -OCH3 is 2. The molecule has 9 nitrogen and oxygen atoms in total. The molecule has 0 saturated carbocycles. The molecule has 0 bridgehead atoms. The first kappa shape index (κ1) is 20.4. The summed E-state index contributed by atoms with van der Waals surface area (Å²) in [5.74, 6) is 1.02. The Hall–Kier alpha value is -3.88. The minimum absolute atomic E-state index is 0.0730. The molecule has 1 saturated heterocycles. The van der Waals surface area contributed by atoms with Crippen LogP contribution in [0.2, 0.25) is 0 Å². The number of carbonyl (C=O) groups excluding carboxylic acids is 1. The van der Waals surface area contributed by atoms with E-state index in [0.29, 0.717) is 47.2 Å². The minimum Gasteiger partial charge on any atom is -0.497 e. The van der Waals surface area contributed by atoms with Gasteiger partial charge < -0.3 is 14.4 Å². The number of hydrogen-bond acceptors (Lipinski definition) is 6. The van der Waals surface area contributed by atoms with Crippen LogP contribution in [0, 0.1) is 10.1 Å². The first-order valence-corrected chi connectivity index (χ1v) is 9.88. The molecule has 0 atom stereocenters. The van der Waals surface area contributed by atoms with Crippen molar-refractivity contribution < 1.29 is 19.2 Å². The lowest BCUT2D eigenvalue weighted by molar-refractivity contribution is -0.384. The topological polar surface area (TPSA) is 99.7 Å². The number of hydrogen-bond donors (Lipinski definition) is 0. The number of rotatable bonds is 6. The third kappa shape index (κ3) is 3.94. The third-order valence-corrected chi connectivity index (χ3v) is 5.29. The maximum absolute atomic E-state index is 13.2. The van der Waals surface area contributed by atoms with Gasteiger partial charge in [-0.05, 0) is 37.1 Å². The van der Waals surface area contributed by atoms with E-state index in [4.69, 9.17) is 9.47 Å². The number of likely N-dealkylation sites (tertiary alicyclic amines) is 1. The van der Waals surface area contributed by atoms with E-state index in [1.165, 1.54) is 16.8 Å². The Balaban J connectivity index is 1.86. The van der Waals surface area contributed by atoms with Gasteiger partial charge in [-0.1, -0.05) is 6.07 Å². The fourth-order valence-corrected chi connectivity index (χ4v) is 3.69. The molecule has 0 N–H and O–H groups in total. The summed E-state index contributed by atoms with van der Waals surface area (Å²) in [6.45, 7) is 1.36. The molecule has 3 aromatic rings. The van der Waals surface area contributed by atoms with Crippen LogP contribution in [0.15, 0.2) is 48.5 Å². The molecule has 0 spiro atoms. The summed E-state index contributed by atoms with van der Waals surface area (Å²) >= 11 is 0. The van der Waals surface area contributed by atoms with E-state index in [0.717, 1.165) is 12.8 Å². The number of benzene rings is 2. The van der Waals surface area contributed by atoms with Gasteiger partial charge in [0.25, 0.3) is 11.6 Å². The van der Waals surface area contributed by atoms with Crippen molar-refractivity contribution in [1.82, 2.24) is 14.7 Å². The molecule has 1 fully saturated rings. The van der Waals surface area contributed by atoms with E-state index in [2.05, 4.69) is 5.10 Å². The summed E-state index contributed by atoms with van der Waals surface area (Å²) in [7, 11) is 3.12. The van der Waals surface area contributed by atoms with Gasteiger partial charge in [0.1, 0.15) is 17.2 Å². The number of nitro benzene ring substituents is 1. The van der Waals surface area contributed by atoms with Crippen LogP contribution in [-0.2, 0) is 0 Å². The van der Waals surface area contributed by atoms with Gasteiger partial charge in [-0.3, -0.25) is 14.9 Å². The molecule has 4 rings (SSSR count). The third-order valence-electron chi connectivity index (χ3n) is 5.29. The van der Waals surface area contributed by atoms with Crippen LogP contribution < -0.4 is 9.47 Å². The Morgan fingerprint density at radius 3 is 2.52 bits per heavy atom. The second-order valence-corrected chi connectivity index (χ2v) is 7.17. The molecule has 0 unspecified atom stereocenters. The van der Waals surface area contributed by atoms with Crippen molar-refractivity contribution in [2.75, 3.05) is 27.3 Å². The van der Waals surface area contributed by atoms with E-state index in [9.17, 15) is 14.9 Å². The highest BCUT2D eigenvalue weighted by molar-refractivity contribution is 5.94. The van der Waals surface area contributed by atoms with Crippen LogP contribution in [0.3, 0.4) is 0 Å². The number of nitrogens with zero attached hydrogens (tertiary/aromatic N) is 4. The molecule has 9 heteroatoms. The van der Waals surface area contributed by atoms with E-state index < -0.39 is 4.92 Å². The molecular formula is C22H22N4O5. The van der Waals surface area contributed by atoms with Gasteiger partial charge in [-0.25, -0.2) is 4.68 Å². The first-order chi connectivity index (χ1) is 15.0. The maximum atomic E-state index is 13.2. The van der Waals surface area contributed by atoms with Crippen molar-refractivity contribution in [3.8, 4) is 28.4 Å². The highest BCUT2D eigenvalue weighted by atomic mass is 16.6. The average molecular weight is 422 g/mol. The molecule has 1 aromatic heterocycles. The molecule has 0 aliphatic carbocycles. The van der Waals surface area contributed by atoms with Gasteiger partial charge in [0.05, 0.1) is 30.5 Å². The lowest BCUT2D eigenvalue weighted by Gasteiger charge is -2.15. The largest absolute Gasteiger partial charge is 0.497 e. The molecule has 2 aromatic carbocycles. The van der Waals surface area contributed by atoms with Crippen molar-refractivity contribution >= 4 is 11.6 Å². The van der Waals surface area contributed by atoms with E-state index in [1.54, 1.807) is 49.5 Å². The Morgan fingerprint density at radius 2 is 1.84 bits per heavy atom. The predicted octanol–water partition coefficient (Wildman–Crippen LogP) is 3.70. The maximum Gasteiger partial charge on any atom is 0.272 e. The van der Waals surface area contributed by atoms with Crippen molar-refractivity contribution in [2.45, 2.75) is 12.8 Å². The Kier molecular flexibility index (Phi) is 5.57. The van der Waals surface area contributed by atoms with Crippen LogP contribution in [0.4, 0.5) is 5.69 Å². The molecule has 31 heavy (non-hydrogen) atoms. The number of non-ortho nitro benzene ring substituents is 1. The van der Waals surface area contributed by atoms with Crippen molar-refractivity contribution in [1.29, 1.82) is 0 Å². The SMILES string of the molecule is COc1ccc(-c2cc(C(=O)N3CCCC3)n(-c3cccc([N+](=O)[O-])c3)n2)c(OC)c1. The number of aromatic nitrogens is 2. The highest BCUT2D eigenvalue weighted by Gasteiger charge is 2.26. The number of carbonyl (C=O) groups is 1. The van der Waals surface area contributed by atoms with E-state index in [1.807, 2.05) is 6.07 Å². The van der Waals surface area contributed by atoms with Crippen LogP contribution >= 0.6 is 0 Å². The average Bonchev–Trinajstić information content (AvgIpc) is 3.49. The summed E-state index contributed by atoms with van der Waals surface area (Å²) < 4.78 is 12.2. The van der Waals surface area contributed by atoms with Crippen molar-refractivity contribution in [3.63, 3.8) is 0 Å². The Bertz CT molecular complexity index is 1130. The molecular weight excluding hydrogens is 400 g/mol. The van der Waals surface area contributed by atoms with E-state index in [-0.39, 0.29) is 11.6 Å². The molecule has 160 valence electrons. The second kappa shape index (κ2) is 8.47. The van der Waals surface area contributed by atoms with Gasteiger partial charge in [0, 0.05) is 36.9 Å². The molecule has 1 amide bonds. The van der Waals surface area contributed by atoms with Crippen LogP contribution in [-0.4, -0.2) is 52.8 Å². The summed E-state index contributed by atoms with van der Waals surface area (Å²) in [6, 6.07) is 13.1. The van der Waals surface area contributed by atoms with Crippen molar-refractivity contribution in [2.24, 2.45) is 0 Å². The minimum atomic E-state index is -0.470. The summed E-state index contributed by atoms with van der Waals surface area (Å²) in [5, 5.41) is 15.9. The molecule has 1 aliphatic rings. The standard InChI is InChI=1S/C22H22N4O5/c1-30-17-8-9-18(21(13-17)31-2)19-14-20(22(27)24-10-3-4-11-24)25(23-19)15-6-5-7-16(12-15)26(28)29/h5-9,12-14H,3-4,10-11H2,1-2H3. The number of ether oxygens (including phenoxy) is 2. The summed E-state index contributed by atoms with van der Waals surface area (Å²) in [6.07, 6.45) is 1.91. The fourth-order valence-electron chi connectivity index (χ4n) is 3.69. The predicted molar refractivity (Wildman–Crippen MR) is 114 cm³/mol. The first-order valence-electron chi connectivity index (χ1n) is 9.88. The van der Waals surface area contributed by atoms with Crippen LogP contribution in [0.25, 0.3) is 16.9 Å². The lowest BCUT2D eigenvalue weighted by Crippen LogP contribution is -2.29. The fraction of sp³-hybridized carbons (Fsp3) is 0.273. The summed E-state index contributed by atoms with van der Waals surface area (Å²) in [4.78, 5) is 25.8. The van der Waals surface area contributed by atoms with Gasteiger partial charge >= 0.3 is 0 Å². The Labute approximate surface area is 179 Å². The zero-order valence-electron chi connectivity index (χ0n) is 17.3. The number of amides is 1. The second-order valence-electron chi connectivity index (χ2n) is 7.17. The van der Waals surface area contributed by atoms with Gasteiger partial charge in [-0.15, -0.1) is 0 Å². The zero-order chi connectivity index (χ0) is 22.0. The zero-order valence-corrected chi connectivity index (χ0v) is 17.3. The van der Waals surface area contributed by atoms with E-state index >= 15 is 0 Å².